The highest BCUT2D eigenvalue weighted by Crippen LogP contribution is 2.33. The highest BCUT2D eigenvalue weighted by atomic mass is 35.5. The van der Waals surface area contributed by atoms with Gasteiger partial charge in [0.25, 0.3) is 0 Å². The Hall–Kier alpha value is -0.250. The van der Waals surface area contributed by atoms with Gasteiger partial charge in [-0.25, -0.2) is 0 Å². The Morgan fingerprint density at radius 1 is 1.06 bits per heavy atom. The van der Waals surface area contributed by atoms with E-state index in [1.54, 1.807) is 17.4 Å². The van der Waals surface area contributed by atoms with Gasteiger partial charge in [-0.15, -0.1) is 11.3 Å². The van der Waals surface area contributed by atoms with E-state index in [1.807, 2.05) is 31.3 Å². The van der Waals surface area contributed by atoms with Crippen LogP contribution in [-0.2, 0) is 0 Å². The summed E-state index contributed by atoms with van der Waals surface area (Å²) >= 11 is 19.4. The Morgan fingerprint density at radius 2 is 1.82 bits per heavy atom. The van der Waals surface area contributed by atoms with Crippen LogP contribution in [0.3, 0.4) is 0 Å². The van der Waals surface area contributed by atoms with E-state index < -0.39 is 0 Å². The first-order valence-electron chi connectivity index (χ1n) is 4.99. The van der Waals surface area contributed by atoms with E-state index in [1.165, 1.54) is 0 Å². The third kappa shape index (κ3) is 2.95. The summed E-state index contributed by atoms with van der Waals surface area (Å²) in [6.45, 7) is 0. The van der Waals surface area contributed by atoms with Crippen LogP contribution in [0, 0.1) is 0 Å². The van der Waals surface area contributed by atoms with Crippen LogP contribution in [0.1, 0.15) is 16.5 Å². The van der Waals surface area contributed by atoms with Crippen molar-refractivity contribution in [2.45, 2.75) is 6.04 Å². The number of hydrogen-bond acceptors (Lipinski definition) is 2. The zero-order valence-electron chi connectivity index (χ0n) is 9.01. The van der Waals surface area contributed by atoms with Gasteiger partial charge in [-0.2, -0.15) is 0 Å². The Kier molecular flexibility index (Phi) is 4.34. The summed E-state index contributed by atoms with van der Waals surface area (Å²) in [6.07, 6.45) is 0. The average Bonchev–Trinajstić information content (AvgIpc) is 2.71. The largest absolute Gasteiger partial charge is 0.309 e. The molecule has 1 unspecified atom stereocenters. The average molecular weight is 307 g/mol. The molecule has 0 radical (unpaired) electrons. The second-order valence-electron chi connectivity index (χ2n) is 3.54. The molecule has 1 heterocycles. The molecule has 0 aliphatic rings. The van der Waals surface area contributed by atoms with Crippen LogP contribution in [0.2, 0.25) is 14.4 Å². The van der Waals surface area contributed by atoms with Crippen LogP contribution in [0.4, 0.5) is 0 Å². The molecular weight excluding hydrogens is 297 g/mol. The van der Waals surface area contributed by atoms with E-state index in [4.69, 9.17) is 34.8 Å². The van der Waals surface area contributed by atoms with E-state index in [0.717, 1.165) is 14.8 Å². The summed E-state index contributed by atoms with van der Waals surface area (Å²) in [6, 6.07) is 9.63. The predicted octanol–water partition coefficient (Wildman–Crippen LogP) is 5.02. The smallest absolute Gasteiger partial charge is 0.0931 e. The zero-order valence-corrected chi connectivity index (χ0v) is 12.1. The first-order valence-corrected chi connectivity index (χ1v) is 6.94. The molecule has 1 aromatic heterocycles. The van der Waals surface area contributed by atoms with E-state index in [-0.39, 0.29) is 6.04 Å². The number of nitrogens with one attached hydrogen (secondary N) is 1. The third-order valence-electron chi connectivity index (χ3n) is 2.44. The minimum atomic E-state index is 0.0854. The van der Waals surface area contributed by atoms with Crippen molar-refractivity contribution in [3.63, 3.8) is 0 Å². The van der Waals surface area contributed by atoms with Gasteiger partial charge in [0.05, 0.1) is 20.4 Å². The zero-order chi connectivity index (χ0) is 12.4. The van der Waals surface area contributed by atoms with Crippen molar-refractivity contribution in [3.8, 4) is 0 Å². The van der Waals surface area contributed by atoms with Crippen molar-refractivity contribution in [2.24, 2.45) is 0 Å². The molecule has 0 bridgehead atoms. The van der Waals surface area contributed by atoms with Crippen LogP contribution in [-0.4, -0.2) is 7.05 Å². The maximum Gasteiger partial charge on any atom is 0.0931 e. The van der Waals surface area contributed by atoms with Crippen molar-refractivity contribution < 1.29 is 0 Å². The third-order valence-corrected chi connectivity index (χ3v) is 4.48. The van der Waals surface area contributed by atoms with E-state index in [2.05, 4.69) is 5.32 Å². The van der Waals surface area contributed by atoms with Gasteiger partial charge in [0.1, 0.15) is 0 Å². The van der Waals surface area contributed by atoms with Crippen molar-refractivity contribution in [3.05, 3.63) is 55.2 Å². The van der Waals surface area contributed by atoms with E-state index >= 15 is 0 Å². The Labute approximate surface area is 119 Å². The SMILES string of the molecule is CNC(c1ccc(Cl)c(Cl)c1)c1ccc(Cl)s1. The minimum absolute atomic E-state index is 0.0854. The normalized spacial score (nSPS) is 12.7. The standard InChI is InChI=1S/C12H10Cl3NS/c1-16-12(10-4-5-11(15)17-10)7-2-3-8(13)9(14)6-7/h2-6,12,16H,1H3. The Bertz CT molecular complexity index is 524. The molecular formula is C12H10Cl3NS. The summed E-state index contributed by atoms with van der Waals surface area (Å²) in [5.41, 5.74) is 1.07. The van der Waals surface area contributed by atoms with Crippen LogP contribution in [0.5, 0.6) is 0 Å². The molecule has 90 valence electrons. The molecule has 2 aromatic rings. The molecule has 1 atom stereocenters. The molecule has 5 heteroatoms. The molecule has 0 aliphatic carbocycles. The summed E-state index contributed by atoms with van der Waals surface area (Å²) in [5, 5.41) is 4.37. The molecule has 0 saturated heterocycles. The first kappa shape index (κ1) is 13.2. The number of halogens is 3. The number of hydrogen-bond donors (Lipinski definition) is 1. The van der Waals surface area contributed by atoms with Crippen molar-refractivity contribution >= 4 is 46.1 Å². The molecule has 1 nitrogen and oxygen atoms in total. The molecule has 0 fully saturated rings. The highest BCUT2D eigenvalue weighted by molar-refractivity contribution is 7.16. The molecule has 2 rings (SSSR count). The monoisotopic (exact) mass is 305 g/mol. The van der Waals surface area contributed by atoms with Gasteiger partial charge in [-0.05, 0) is 36.9 Å². The lowest BCUT2D eigenvalue weighted by Crippen LogP contribution is -2.16. The topological polar surface area (TPSA) is 12.0 Å². The fourth-order valence-corrected chi connectivity index (χ4v) is 3.15. The maximum absolute atomic E-state index is 6.03. The van der Waals surface area contributed by atoms with Gasteiger partial charge in [0, 0.05) is 4.88 Å². The van der Waals surface area contributed by atoms with Gasteiger partial charge in [0.2, 0.25) is 0 Å². The second kappa shape index (κ2) is 5.59. The minimum Gasteiger partial charge on any atom is -0.309 e. The van der Waals surface area contributed by atoms with Crippen LogP contribution < -0.4 is 5.32 Å². The van der Waals surface area contributed by atoms with Gasteiger partial charge in [-0.3, -0.25) is 0 Å². The summed E-state index contributed by atoms with van der Waals surface area (Å²) in [7, 11) is 1.90. The molecule has 0 saturated carbocycles. The van der Waals surface area contributed by atoms with E-state index in [9.17, 15) is 0 Å². The van der Waals surface area contributed by atoms with Crippen LogP contribution in [0.25, 0.3) is 0 Å². The predicted molar refractivity (Wildman–Crippen MR) is 76.7 cm³/mol. The fourth-order valence-electron chi connectivity index (χ4n) is 1.65. The number of benzene rings is 1. The van der Waals surface area contributed by atoms with Crippen LogP contribution >= 0.6 is 46.1 Å². The van der Waals surface area contributed by atoms with Gasteiger partial charge >= 0.3 is 0 Å². The number of thiophene rings is 1. The highest BCUT2D eigenvalue weighted by Gasteiger charge is 2.15. The van der Waals surface area contributed by atoms with Gasteiger partial charge in [0.15, 0.2) is 0 Å². The Morgan fingerprint density at radius 3 is 2.35 bits per heavy atom. The van der Waals surface area contributed by atoms with Gasteiger partial charge in [-0.1, -0.05) is 40.9 Å². The van der Waals surface area contributed by atoms with Crippen molar-refractivity contribution in [1.82, 2.24) is 5.32 Å². The summed E-state index contributed by atoms with van der Waals surface area (Å²) < 4.78 is 0.778. The molecule has 0 amide bonds. The molecule has 1 N–H and O–H groups in total. The Balaban J connectivity index is 2.38. The molecule has 17 heavy (non-hydrogen) atoms. The quantitative estimate of drug-likeness (QED) is 0.840. The number of rotatable bonds is 3. The van der Waals surface area contributed by atoms with E-state index in [0.29, 0.717) is 10.0 Å². The lowest BCUT2D eigenvalue weighted by Gasteiger charge is -2.15. The second-order valence-corrected chi connectivity index (χ2v) is 6.10. The lowest BCUT2D eigenvalue weighted by atomic mass is 10.1. The summed E-state index contributed by atoms with van der Waals surface area (Å²) in [5.74, 6) is 0. The first-order chi connectivity index (χ1) is 8.11. The van der Waals surface area contributed by atoms with Crippen molar-refractivity contribution in [1.29, 1.82) is 0 Å². The fraction of sp³-hybridized carbons (Fsp3) is 0.167. The van der Waals surface area contributed by atoms with Gasteiger partial charge < -0.3 is 5.32 Å². The summed E-state index contributed by atoms with van der Waals surface area (Å²) in [4.78, 5) is 1.15. The molecule has 1 aromatic carbocycles. The lowest BCUT2D eigenvalue weighted by molar-refractivity contribution is 0.704. The molecule has 0 aliphatic heterocycles. The molecule has 0 spiro atoms. The van der Waals surface area contributed by atoms with Crippen LogP contribution in [0.15, 0.2) is 30.3 Å². The maximum atomic E-state index is 6.03. The van der Waals surface area contributed by atoms with Crippen molar-refractivity contribution in [2.75, 3.05) is 7.05 Å².